The number of nitrogens with one attached hydrogen (secondary N) is 1. The zero-order valence-electron chi connectivity index (χ0n) is 13.3. The lowest BCUT2D eigenvalue weighted by Crippen LogP contribution is -2.59. The minimum absolute atomic E-state index is 0.292. The number of likely N-dealkylation sites (tertiary alicyclic amines) is 1. The molecule has 2 atom stereocenters. The summed E-state index contributed by atoms with van der Waals surface area (Å²) in [5.41, 5.74) is 0.292. The third-order valence-electron chi connectivity index (χ3n) is 4.61. The molecule has 0 saturated carbocycles. The molecule has 0 amide bonds. The Balaban J connectivity index is 2.71. The molecule has 1 aliphatic heterocycles. The molecule has 0 spiro atoms. The molecule has 2 nitrogen and oxygen atoms in total. The van der Waals surface area contributed by atoms with Crippen molar-refractivity contribution in [1.29, 1.82) is 0 Å². The van der Waals surface area contributed by atoms with Gasteiger partial charge in [0.05, 0.1) is 0 Å². The van der Waals surface area contributed by atoms with Gasteiger partial charge in [-0.3, -0.25) is 4.90 Å². The van der Waals surface area contributed by atoms with Crippen LogP contribution >= 0.6 is 0 Å². The van der Waals surface area contributed by atoms with E-state index in [-0.39, 0.29) is 0 Å². The fourth-order valence-electron chi connectivity index (χ4n) is 3.56. The van der Waals surface area contributed by atoms with E-state index >= 15 is 0 Å². The Morgan fingerprint density at radius 3 is 2.22 bits per heavy atom. The van der Waals surface area contributed by atoms with Crippen LogP contribution in [-0.2, 0) is 0 Å². The average Bonchev–Trinajstić information content (AvgIpc) is 2.83. The predicted molar refractivity (Wildman–Crippen MR) is 81.0 cm³/mol. The highest BCUT2D eigenvalue weighted by molar-refractivity contribution is 4.97. The van der Waals surface area contributed by atoms with Crippen LogP contribution in [0.1, 0.15) is 66.7 Å². The van der Waals surface area contributed by atoms with Gasteiger partial charge in [0.15, 0.2) is 0 Å². The van der Waals surface area contributed by atoms with Crippen molar-refractivity contribution in [2.24, 2.45) is 5.92 Å². The maximum Gasteiger partial charge on any atom is 0.0308 e. The number of nitrogens with zero attached hydrogens (tertiary/aromatic N) is 1. The lowest BCUT2D eigenvalue weighted by molar-refractivity contribution is 0.0786. The van der Waals surface area contributed by atoms with E-state index in [1.165, 1.54) is 45.2 Å². The summed E-state index contributed by atoms with van der Waals surface area (Å²) in [5, 5.41) is 3.83. The first kappa shape index (κ1) is 16.0. The summed E-state index contributed by atoms with van der Waals surface area (Å²) < 4.78 is 0. The van der Waals surface area contributed by atoms with Crippen LogP contribution in [0.15, 0.2) is 0 Å². The Hall–Kier alpha value is -0.0800. The lowest BCUT2D eigenvalue weighted by atomic mass is 9.81. The molecule has 2 heteroatoms. The van der Waals surface area contributed by atoms with Crippen LogP contribution in [0.2, 0.25) is 0 Å². The Morgan fingerprint density at radius 1 is 1.11 bits per heavy atom. The topological polar surface area (TPSA) is 15.3 Å². The van der Waals surface area contributed by atoms with Crippen molar-refractivity contribution >= 4 is 0 Å². The smallest absolute Gasteiger partial charge is 0.0308 e. The molecule has 2 unspecified atom stereocenters. The summed E-state index contributed by atoms with van der Waals surface area (Å²) in [5.74, 6) is 0.761. The zero-order valence-corrected chi connectivity index (χ0v) is 13.3. The van der Waals surface area contributed by atoms with E-state index in [1.807, 2.05) is 0 Å². The molecule has 1 fully saturated rings. The van der Waals surface area contributed by atoms with E-state index in [9.17, 15) is 0 Å². The number of hydrogen-bond acceptors (Lipinski definition) is 2. The lowest BCUT2D eigenvalue weighted by Gasteiger charge is -2.45. The van der Waals surface area contributed by atoms with Crippen LogP contribution in [0.4, 0.5) is 0 Å². The van der Waals surface area contributed by atoms with E-state index in [0.29, 0.717) is 11.6 Å². The van der Waals surface area contributed by atoms with Gasteiger partial charge in [-0.15, -0.1) is 0 Å². The van der Waals surface area contributed by atoms with Crippen LogP contribution < -0.4 is 5.32 Å². The maximum atomic E-state index is 3.83. The van der Waals surface area contributed by atoms with Gasteiger partial charge in [-0.2, -0.15) is 0 Å². The number of hydrogen-bond donors (Lipinski definition) is 1. The van der Waals surface area contributed by atoms with Crippen molar-refractivity contribution in [1.82, 2.24) is 10.2 Å². The average molecular weight is 254 g/mol. The molecule has 1 N–H and O–H groups in total. The fraction of sp³-hybridized carbons (Fsp3) is 1.00. The standard InChI is InChI=1S/C16H34N2/c1-6-10-14(3)15(17-11-7-2)16(4,5)18-12-8-9-13-18/h14-15,17H,6-13H2,1-5H3. The summed E-state index contributed by atoms with van der Waals surface area (Å²) in [6, 6.07) is 0.621. The zero-order chi connectivity index (χ0) is 13.6. The molecule has 0 aliphatic carbocycles. The largest absolute Gasteiger partial charge is 0.312 e. The van der Waals surface area contributed by atoms with Gasteiger partial charge < -0.3 is 5.32 Å². The van der Waals surface area contributed by atoms with Crippen molar-refractivity contribution < 1.29 is 0 Å². The second-order valence-corrected chi connectivity index (χ2v) is 6.55. The van der Waals surface area contributed by atoms with Crippen molar-refractivity contribution in [2.75, 3.05) is 19.6 Å². The Morgan fingerprint density at radius 2 is 1.72 bits per heavy atom. The number of rotatable bonds is 8. The van der Waals surface area contributed by atoms with Gasteiger partial charge in [0, 0.05) is 11.6 Å². The summed E-state index contributed by atoms with van der Waals surface area (Å²) in [7, 11) is 0. The molecule has 0 aromatic rings. The monoisotopic (exact) mass is 254 g/mol. The van der Waals surface area contributed by atoms with Crippen LogP contribution in [0.25, 0.3) is 0 Å². The highest BCUT2D eigenvalue weighted by atomic mass is 15.2. The van der Waals surface area contributed by atoms with E-state index in [4.69, 9.17) is 0 Å². The fourth-order valence-corrected chi connectivity index (χ4v) is 3.56. The third kappa shape index (κ3) is 3.96. The first-order valence-electron chi connectivity index (χ1n) is 8.02. The first-order valence-corrected chi connectivity index (χ1v) is 8.02. The molecule has 18 heavy (non-hydrogen) atoms. The van der Waals surface area contributed by atoms with Gasteiger partial charge >= 0.3 is 0 Å². The molecule has 1 aliphatic rings. The van der Waals surface area contributed by atoms with Gasteiger partial charge in [-0.1, -0.05) is 27.2 Å². The summed E-state index contributed by atoms with van der Waals surface area (Å²) in [6.07, 6.45) is 6.61. The van der Waals surface area contributed by atoms with Gasteiger partial charge in [-0.05, 0) is 65.1 Å². The van der Waals surface area contributed by atoms with Gasteiger partial charge in [-0.25, -0.2) is 0 Å². The van der Waals surface area contributed by atoms with Crippen LogP contribution in [0.3, 0.4) is 0 Å². The van der Waals surface area contributed by atoms with Gasteiger partial charge in [0.25, 0.3) is 0 Å². The second kappa shape index (κ2) is 7.49. The first-order chi connectivity index (χ1) is 8.54. The van der Waals surface area contributed by atoms with Crippen LogP contribution in [-0.4, -0.2) is 36.1 Å². The Kier molecular flexibility index (Phi) is 6.65. The van der Waals surface area contributed by atoms with Crippen molar-refractivity contribution in [3.05, 3.63) is 0 Å². The van der Waals surface area contributed by atoms with E-state index in [0.717, 1.165) is 12.5 Å². The Labute approximate surface area is 115 Å². The molecule has 108 valence electrons. The summed E-state index contributed by atoms with van der Waals surface area (Å²) in [4.78, 5) is 2.70. The summed E-state index contributed by atoms with van der Waals surface area (Å²) in [6.45, 7) is 15.6. The predicted octanol–water partition coefficient (Wildman–Crippen LogP) is 3.67. The third-order valence-corrected chi connectivity index (χ3v) is 4.61. The Bertz CT molecular complexity index is 219. The van der Waals surface area contributed by atoms with Crippen LogP contribution in [0.5, 0.6) is 0 Å². The second-order valence-electron chi connectivity index (χ2n) is 6.55. The molecule has 0 aromatic carbocycles. The van der Waals surface area contributed by atoms with E-state index < -0.39 is 0 Å². The molecular weight excluding hydrogens is 220 g/mol. The molecule has 1 rings (SSSR count). The highest BCUT2D eigenvalue weighted by Gasteiger charge is 2.38. The summed E-state index contributed by atoms with van der Waals surface area (Å²) >= 11 is 0. The molecule has 0 bridgehead atoms. The highest BCUT2D eigenvalue weighted by Crippen LogP contribution is 2.29. The molecule has 1 saturated heterocycles. The minimum Gasteiger partial charge on any atom is -0.312 e. The maximum absolute atomic E-state index is 3.83. The minimum atomic E-state index is 0.292. The normalized spacial score (nSPS) is 21.2. The van der Waals surface area contributed by atoms with Crippen molar-refractivity contribution in [3.63, 3.8) is 0 Å². The van der Waals surface area contributed by atoms with E-state index in [2.05, 4.69) is 44.8 Å². The van der Waals surface area contributed by atoms with Crippen LogP contribution in [0, 0.1) is 5.92 Å². The van der Waals surface area contributed by atoms with Gasteiger partial charge in [0.2, 0.25) is 0 Å². The molecule has 0 aromatic heterocycles. The molecular formula is C16H34N2. The molecule has 1 heterocycles. The van der Waals surface area contributed by atoms with Crippen molar-refractivity contribution in [2.45, 2.75) is 78.3 Å². The SMILES string of the molecule is CCCNC(C(C)CCC)C(C)(C)N1CCCC1. The molecule has 0 radical (unpaired) electrons. The van der Waals surface area contributed by atoms with Gasteiger partial charge in [0.1, 0.15) is 0 Å². The van der Waals surface area contributed by atoms with E-state index in [1.54, 1.807) is 0 Å². The quantitative estimate of drug-likeness (QED) is 0.711. The van der Waals surface area contributed by atoms with Crippen molar-refractivity contribution in [3.8, 4) is 0 Å².